The Morgan fingerprint density at radius 2 is 1.79 bits per heavy atom. The van der Waals surface area contributed by atoms with Crippen molar-refractivity contribution in [2.24, 2.45) is 0 Å². The monoisotopic (exact) mass is 450 g/mol. The van der Waals surface area contributed by atoms with Crippen molar-refractivity contribution < 1.29 is 23.9 Å². The Labute approximate surface area is 192 Å². The summed E-state index contributed by atoms with van der Waals surface area (Å²) in [4.78, 5) is 12.4. The zero-order valence-electron chi connectivity index (χ0n) is 19.1. The maximum Gasteiger partial charge on any atom is 0.330 e. The van der Waals surface area contributed by atoms with Gasteiger partial charge in [-0.15, -0.1) is 0 Å². The first-order valence-corrected chi connectivity index (χ1v) is 10.7. The second-order valence-electron chi connectivity index (χ2n) is 8.29. The molecule has 1 heterocycles. The third-order valence-corrected chi connectivity index (χ3v) is 6.58. The van der Waals surface area contributed by atoms with E-state index in [9.17, 15) is 9.90 Å². The lowest BCUT2D eigenvalue weighted by atomic mass is 9.69. The molecule has 1 aliphatic heterocycles. The molecule has 0 saturated carbocycles. The molecule has 0 saturated heterocycles. The Kier molecular flexibility index (Phi) is 5.66. The normalized spacial score (nSPS) is 19.3. The highest BCUT2D eigenvalue weighted by Crippen LogP contribution is 2.56. The number of nitrogens with zero attached hydrogens (tertiary/aromatic N) is 1. The summed E-state index contributed by atoms with van der Waals surface area (Å²) in [7, 11) is 3.14. The van der Waals surface area contributed by atoms with Crippen molar-refractivity contribution in [2.75, 3.05) is 25.1 Å². The van der Waals surface area contributed by atoms with Crippen molar-refractivity contribution in [3.05, 3.63) is 71.3 Å². The van der Waals surface area contributed by atoms with Crippen LogP contribution in [0.3, 0.4) is 0 Å². The summed E-state index contributed by atoms with van der Waals surface area (Å²) in [6.07, 6.45) is 0.632. The fraction of sp³-hybridized carbons (Fsp3) is 0.269. The molecule has 3 aromatic rings. The van der Waals surface area contributed by atoms with Gasteiger partial charge in [0.05, 0.1) is 31.0 Å². The fourth-order valence-electron chi connectivity index (χ4n) is 4.95. The fourth-order valence-corrected chi connectivity index (χ4v) is 4.95. The van der Waals surface area contributed by atoms with Gasteiger partial charge in [-0.1, -0.05) is 35.7 Å². The predicted octanol–water partition coefficient (Wildman–Crippen LogP) is 4.98. The van der Waals surface area contributed by atoms with Crippen LogP contribution in [0.15, 0.2) is 54.6 Å². The van der Waals surface area contributed by atoms with Crippen LogP contribution < -0.4 is 20.3 Å². The number of rotatable bonds is 6. The van der Waals surface area contributed by atoms with Gasteiger partial charge in [-0.25, -0.2) is 4.79 Å². The van der Waals surface area contributed by atoms with Crippen molar-refractivity contribution in [1.82, 2.24) is 0 Å². The maximum atomic E-state index is 15.8. The minimum absolute atomic E-state index is 0.0933. The number of hydrogen-bond donors (Lipinski definition) is 2. The van der Waals surface area contributed by atoms with Gasteiger partial charge in [-0.05, 0) is 65.9 Å². The van der Waals surface area contributed by atoms with Crippen LogP contribution in [-0.2, 0) is 16.6 Å². The van der Waals surface area contributed by atoms with Crippen LogP contribution in [0.4, 0.5) is 15.9 Å². The molecule has 1 aliphatic rings. The van der Waals surface area contributed by atoms with E-state index in [4.69, 9.17) is 15.2 Å². The molecule has 172 valence electrons. The topological polar surface area (TPSA) is 85.0 Å². The molecule has 3 N–H and O–H groups in total. The second-order valence-corrected chi connectivity index (χ2v) is 8.29. The van der Waals surface area contributed by atoms with E-state index in [0.717, 1.165) is 16.7 Å². The predicted molar refractivity (Wildman–Crippen MR) is 127 cm³/mol. The van der Waals surface area contributed by atoms with Crippen molar-refractivity contribution in [3.8, 4) is 22.6 Å². The first-order valence-electron chi connectivity index (χ1n) is 10.7. The zero-order valence-corrected chi connectivity index (χ0v) is 19.1. The van der Waals surface area contributed by atoms with E-state index in [0.29, 0.717) is 34.2 Å². The Hall–Kier alpha value is -3.74. The van der Waals surface area contributed by atoms with E-state index in [1.807, 2.05) is 31.2 Å². The summed E-state index contributed by atoms with van der Waals surface area (Å²) in [5, 5.41) is 10.5. The van der Waals surface area contributed by atoms with Gasteiger partial charge in [0.2, 0.25) is 0 Å². The van der Waals surface area contributed by atoms with E-state index in [1.54, 1.807) is 51.5 Å². The highest BCUT2D eigenvalue weighted by atomic mass is 19.2. The Morgan fingerprint density at radius 1 is 1.12 bits per heavy atom. The zero-order chi connectivity index (χ0) is 23.9. The summed E-state index contributed by atoms with van der Waals surface area (Å²) in [6.45, 7) is 3.75. The number of hydrogen-bond acceptors (Lipinski definition) is 5. The van der Waals surface area contributed by atoms with Gasteiger partial charge in [0.15, 0.2) is 6.04 Å². The van der Waals surface area contributed by atoms with E-state index < -0.39 is 17.4 Å². The minimum Gasteiger partial charge on any atom is -0.497 e. The molecular formula is C26H27FN2O4. The molecule has 2 unspecified atom stereocenters. The van der Waals surface area contributed by atoms with Crippen LogP contribution >= 0.6 is 0 Å². The number of aliphatic carboxylic acids is 1. The van der Waals surface area contributed by atoms with E-state index in [-0.39, 0.29) is 11.4 Å². The lowest BCUT2D eigenvalue weighted by Gasteiger charge is -2.32. The smallest absolute Gasteiger partial charge is 0.330 e. The largest absolute Gasteiger partial charge is 0.497 e. The quantitative estimate of drug-likeness (QED) is 0.407. The van der Waals surface area contributed by atoms with Gasteiger partial charge >= 0.3 is 5.97 Å². The van der Waals surface area contributed by atoms with Crippen LogP contribution in [0.1, 0.15) is 30.5 Å². The van der Waals surface area contributed by atoms with E-state index in [2.05, 4.69) is 0 Å². The van der Waals surface area contributed by atoms with Crippen molar-refractivity contribution in [3.63, 3.8) is 0 Å². The van der Waals surface area contributed by atoms with Crippen molar-refractivity contribution in [2.45, 2.75) is 31.7 Å². The summed E-state index contributed by atoms with van der Waals surface area (Å²) < 4.78 is 26.5. The first kappa shape index (κ1) is 22.5. The lowest BCUT2D eigenvalue weighted by Crippen LogP contribution is -2.46. The summed E-state index contributed by atoms with van der Waals surface area (Å²) >= 11 is 0. The minimum atomic E-state index is -1.50. The molecule has 33 heavy (non-hydrogen) atoms. The van der Waals surface area contributed by atoms with Crippen molar-refractivity contribution >= 4 is 17.3 Å². The SMILES string of the molecule is CCc1cc(N)c2c(c1-c1cccc(OC)c1)C(C)(c1ccc(OC)cc1)C(C(=O)O)N2F. The maximum absolute atomic E-state index is 15.8. The molecule has 7 heteroatoms. The van der Waals surface area contributed by atoms with Crippen LogP contribution in [0.5, 0.6) is 11.5 Å². The number of halogens is 1. The van der Waals surface area contributed by atoms with Gasteiger partial charge in [-0.2, -0.15) is 5.12 Å². The number of fused-ring (bicyclic) bond motifs is 1. The third kappa shape index (κ3) is 3.35. The second kappa shape index (κ2) is 8.31. The Bertz CT molecular complexity index is 1210. The number of nitrogens with two attached hydrogens (primary N) is 1. The van der Waals surface area contributed by atoms with Crippen LogP contribution in [0, 0.1) is 0 Å². The molecule has 4 rings (SSSR count). The number of benzene rings is 3. The van der Waals surface area contributed by atoms with Gasteiger partial charge < -0.3 is 20.3 Å². The van der Waals surface area contributed by atoms with E-state index in [1.165, 1.54) is 0 Å². The highest BCUT2D eigenvalue weighted by molar-refractivity contribution is 5.96. The molecule has 6 nitrogen and oxygen atoms in total. The third-order valence-electron chi connectivity index (χ3n) is 6.58. The summed E-state index contributed by atoms with van der Waals surface area (Å²) in [6, 6.07) is 14.8. The van der Waals surface area contributed by atoms with Crippen LogP contribution in [-0.4, -0.2) is 31.3 Å². The number of aryl methyl sites for hydroxylation is 1. The number of carbonyl (C=O) groups is 1. The van der Waals surface area contributed by atoms with Gasteiger partial charge in [0.25, 0.3) is 0 Å². The highest BCUT2D eigenvalue weighted by Gasteiger charge is 2.56. The van der Waals surface area contributed by atoms with Crippen molar-refractivity contribution in [1.29, 1.82) is 0 Å². The molecular weight excluding hydrogens is 423 g/mol. The van der Waals surface area contributed by atoms with E-state index >= 15 is 4.48 Å². The number of carboxylic acid groups (broad SMARTS) is 1. The van der Waals surface area contributed by atoms with Gasteiger partial charge in [0, 0.05) is 5.56 Å². The Morgan fingerprint density at radius 3 is 2.36 bits per heavy atom. The molecule has 0 amide bonds. The first-order chi connectivity index (χ1) is 15.8. The molecule has 0 spiro atoms. The summed E-state index contributed by atoms with van der Waals surface area (Å²) in [5.41, 5.74) is 9.07. The standard InChI is InChI=1S/C26H27FN2O4/c1-5-15-14-20(28)23-22(21(15)16-7-6-8-19(13-16)33-4)26(2,24(25(30)31)29(23)27)17-9-11-18(32-3)12-10-17/h6-14,24H,5,28H2,1-4H3,(H,30,31). The molecule has 0 bridgehead atoms. The molecule has 2 atom stereocenters. The number of anilines is 2. The number of ether oxygens (including phenoxy) is 2. The molecule has 3 aromatic carbocycles. The van der Waals surface area contributed by atoms with Gasteiger partial charge in [-0.3, -0.25) is 0 Å². The lowest BCUT2D eigenvalue weighted by molar-refractivity contribution is -0.140. The number of carboxylic acids is 1. The summed E-state index contributed by atoms with van der Waals surface area (Å²) in [5.74, 6) is -0.00313. The number of nitrogen functional groups attached to an aromatic ring is 1. The average Bonchev–Trinajstić information content (AvgIpc) is 3.07. The molecule has 0 radical (unpaired) electrons. The molecule has 0 aliphatic carbocycles. The average molecular weight is 451 g/mol. The van der Waals surface area contributed by atoms with Crippen LogP contribution in [0.25, 0.3) is 11.1 Å². The molecule has 0 aromatic heterocycles. The molecule has 0 fully saturated rings. The Balaban J connectivity index is 2.12. The van der Waals surface area contributed by atoms with Crippen LogP contribution in [0.2, 0.25) is 0 Å². The number of methoxy groups -OCH3 is 2. The van der Waals surface area contributed by atoms with Gasteiger partial charge in [0.1, 0.15) is 11.5 Å².